The monoisotopic (exact) mass is 284 g/mol. The molecule has 0 saturated heterocycles. The van der Waals surface area contributed by atoms with E-state index in [9.17, 15) is 9.59 Å². The normalized spacial score (nSPS) is 9.88. The zero-order valence-corrected chi connectivity index (χ0v) is 10.6. The van der Waals surface area contributed by atoms with E-state index in [-0.39, 0.29) is 24.6 Å². The Morgan fingerprint density at radius 2 is 1.81 bits per heavy atom. The van der Waals surface area contributed by atoms with Gasteiger partial charge >= 0.3 is 5.97 Å². The van der Waals surface area contributed by atoms with E-state index in [0.29, 0.717) is 5.56 Å². The Morgan fingerprint density at radius 1 is 1.19 bits per heavy atom. The van der Waals surface area contributed by atoms with Crippen LogP contribution in [0.1, 0.15) is 28.8 Å². The van der Waals surface area contributed by atoms with Crippen LogP contribution >= 0.6 is 15.9 Å². The molecule has 0 heterocycles. The van der Waals surface area contributed by atoms with Gasteiger partial charge in [0.05, 0.1) is 13.5 Å². The fourth-order valence-electron chi connectivity index (χ4n) is 1.24. The van der Waals surface area contributed by atoms with Crippen LogP contribution in [0.15, 0.2) is 24.3 Å². The van der Waals surface area contributed by atoms with Crippen molar-refractivity contribution >= 4 is 27.7 Å². The van der Waals surface area contributed by atoms with Crippen molar-refractivity contribution in [1.29, 1.82) is 0 Å². The molecule has 0 amide bonds. The largest absolute Gasteiger partial charge is 0.469 e. The molecule has 0 aliphatic carbocycles. The minimum absolute atomic E-state index is 0.0356. The number of hydrogen-bond acceptors (Lipinski definition) is 3. The molecule has 0 unspecified atom stereocenters. The van der Waals surface area contributed by atoms with E-state index >= 15 is 0 Å². The van der Waals surface area contributed by atoms with Crippen LogP contribution in [0, 0.1) is 0 Å². The van der Waals surface area contributed by atoms with Crippen molar-refractivity contribution in [2.45, 2.75) is 18.2 Å². The molecule has 4 heteroatoms. The van der Waals surface area contributed by atoms with Gasteiger partial charge in [-0.05, 0) is 5.56 Å². The Kier molecular flexibility index (Phi) is 5.19. The zero-order chi connectivity index (χ0) is 12.0. The molecule has 0 radical (unpaired) electrons. The molecule has 0 aromatic heterocycles. The number of carbonyl (C=O) groups excluding carboxylic acids is 2. The van der Waals surface area contributed by atoms with Gasteiger partial charge in [-0.25, -0.2) is 0 Å². The van der Waals surface area contributed by atoms with Crippen LogP contribution in [0.4, 0.5) is 0 Å². The lowest BCUT2D eigenvalue weighted by Gasteiger charge is -2.01. The highest BCUT2D eigenvalue weighted by Gasteiger charge is 2.08. The second kappa shape index (κ2) is 6.43. The quantitative estimate of drug-likeness (QED) is 0.474. The van der Waals surface area contributed by atoms with Gasteiger partial charge in [0.15, 0.2) is 5.78 Å². The minimum Gasteiger partial charge on any atom is -0.469 e. The molecule has 0 fully saturated rings. The van der Waals surface area contributed by atoms with Gasteiger partial charge in [-0.15, -0.1) is 0 Å². The number of halogens is 1. The number of ketones is 1. The van der Waals surface area contributed by atoms with Crippen molar-refractivity contribution < 1.29 is 14.3 Å². The Bertz CT molecular complexity index is 370. The maximum atomic E-state index is 11.6. The molecular weight excluding hydrogens is 272 g/mol. The first-order chi connectivity index (χ1) is 7.67. The fourth-order valence-corrected chi connectivity index (χ4v) is 1.62. The van der Waals surface area contributed by atoms with Crippen LogP contribution in [0.5, 0.6) is 0 Å². The molecule has 0 saturated carbocycles. The maximum absolute atomic E-state index is 11.6. The van der Waals surface area contributed by atoms with Crippen molar-refractivity contribution in [3.8, 4) is 0 Å². The number of Topliss-reactive ketones (excluding diaryl/α,β-unsaturated/α-hetero) is 1. The molecule has 0 N–H and O–H groups in total. The SMILES string of the molecule is COC(=O)CCC(=O)c1ccc(CBr)cc1. The molecule has 1 aromatic carbocycles. The van der Waals surface area contributed by atoms with E-state index < -0.39 is 0 Å². The van der Waals surface area contributed by atoms with E-state index in [1.54, 1.807) is 12.1 Å². The van der Waals surface area contributed by atoms with Gasteiger partial charge in [0.1, 0.15) is 0 Å². The summed E-state index contributed by atoms with van der Waals surface area (Å²) >= 11 is 3.33. The summed E-state index contributed by atoms with van der Waals surface area (Å²) in [5.41, 5.74) is 1.75. The van der Waals surface area contributed by atoms with Crippen LogP contribution in [-0.2, 0) is 14.9 Å². The number of hydrogen-bond donors (Lipinski definition) is 0. The van der Waals surface area contributed by atoms with Gasteiger partial charge in [0, 0.05) is 17.3 Å². The number of methoxy groups -OCH3 is 1. The van der Waals surface area contributed by atoms with E-state index in [1.807, 2.05) is 12.1 Å². The molecule has 16 heavy (non-hydrogen) atoms. The molecule has 0 bridgehead atoms. The number of ether oxygens (including phenoxy) is 1. The van der Waals surface area contributed by atoms with E-state index in [2.05, 4.69) is 20.7 Å². The molecule has 0 spiro atoms. The first-order valence-electron chi connectivity index (χ1n) is 4.92. The van der Waals surface area contributed by atoms with Crippen molar-refractivity contribution in [2.24, 2.45) is 0 Å². The Hall–Kier alpha value is -1.16. The van der Waals surface area contributed by atoms with Crippen molar-refractivity contribution in [2.75, 3.05) is 7.11 Å². The third kappa shape index (κ3) is 3.77. The predicted octanol–water partition coefficient (Wildman–Crippen LogP) is 2.72. The highest BCUT2D eigenvalue weighted by molar-refractivity contribution is 9.08. The van der Waals surface area contributed by atoms with Gasteiger partial charge < -0.3 is 4.74 Å². The standard InChI is InChI=1S/C12H13BrO3/c1-16-12(15)7-6-11(14)10-4-2-9(8-13)3-5-10/h2-5H,6-8H2,1H3. The molecule has 86 valence electrons. The number of carbonyl (C=O) groups is 2. The summed E-state index contributed by atoms with van der Waals surface area (Å²) in [5.74, 6) is -0.392. The summed E-state index contributed by atoms with van der Waals surface area (Å²) in [6.07, 6.45) is 0.329. The van der Waals surface area contributed by atoms with Crippen LogP contribution in [0.3, 0.4) is 0 Å². The maximum Gasteiger partial charge on any atom is 0.305 e. The number of esters is 1. The first-order valence-corrected chi connectivity index (χ1v) is 6.04. The van der Waals surface area contributed by atoms with Gasteiger partial charge in [-0.1, -0.05) is 40.2 Å². The Morgan fingerprint density at radius 3 is 2.31 bits per heavy atom. The summed E-state index contributed by atoms with van der Waals surface area (Å²) in [7, 11) is 1.32. The third-order valence-electron chi connectivity index (χ3n) is 2.21. The fraction of sp³-hybridized carbons (Fsp3) is 0.333. The predicted molar refractivity (Wildman–Crippen MR) is 64.7 cm³/mol. The molecule has 3 nitrogen and oxygen atoms in total. The molecule has 1 rings (SSSR count). The van der Waals surface area contributed by atoms with Crippen LogP contribution < -0.4 is 0 Å². The van der Waals surface area contributed by atoms with Gasteiger partial charge in [-0.2, -0.15) is 0 Å². The number of alkyl halides is 1. The zero-order valence-electron chi connectivity index (χ0n) is 9.03. The van der Waals surface area contributed by atoms with Gasteiger partial charge in [0.2, 0.25) is 0 Å². The highest BCUT2D eigenvalue weighted by atomic mass is 79.9. The lowest BCUT2D eigenvalue weighted by atomic mass is 10.1. The average Bonchev–Trinajstić information content (AvgIpc) is 2.35. The number of benzene rings is 1. The average molecular weight is 285 g/mol. The van der Waals surface area contributed by atoms with Crippen molar-refractivity contribution in [3.05, 3.63) is 35.4 Å². The number of rotatable bonds is 5. The lowest BCUT2D eigenvalue weighted by Crippen LogP contribution is -2.05. The summed E-state index contributed by atoms with van der Waals surface area (Å²) in [6.45, 7) is 0. The molecule has 0 atom stereocenters. The second-order valence-electron chi connectivity index (χ2n) is 3.33. The van der Waals surface area contributed by atoms with E-state index in [0.717, 1.165) is 10.9 Å². The summed E-state index contributed by atoms with van der Waals surface area (Å²) in [5, 5.41) is 0.767. The van der Waals surface area contributed by atoms with Crippen molar-refractivity contribution in [3.63, 3.8) is 0 Å². The Balaban J connectivity index is 2.56. The molecule has 0 aliphatic heterocycles. The van der Waals surface area contributed by atoms with Crippen LogP contribution in [-0.4, -0.2) is 18.9 Å². The smallest absolute Gasteiger partial charge is 0.305 e. The van der Waals surface area contributed by atoms with Crippen LogP contribution in [0.2, 0.25) is 0 Å². The summed E-state index contributed by atoms with van der Waals surface area (Å²) in [4.78, 5) is 22.5. The summed E-state index contributed by atoms with van der Waals surface area (Å²) in [6, 6.07) is 7.33. The third-order valence-corrected chi connectivity index (χ3v) is 2.86. The van der Waals surface area contributed by atoms with Crippen LogP contribution in [0.25, 0.3) is 0 Å². The first kappa shape index (κ1) is 12.9. The van der Waals surface area contributed by atoms with E-state index in [1.165, 1.54) is 7.11 Å². The van der Waals surface area contributed by atoms with Gasteiger partial charge in [0.25, 0.3) is 0 Å². The topological polar surface area (TPSA) is 43.4 Å². The second-order valence-corrected chi connectivity index (χ2v) is 3.89. The highest BCUT2D eigenvalue weighted by Crippen LogP contribution is 2.10. The molecule has 0 aliphatic rings. The van der Waals surface area contributed by atoms with Gasteiger partial charge in [-0.3, -0.25) is 9.59 Å². The van der Waals surface area contributed by atoms with E-state index in [4.69, 9.17) is 0 Å². The lowest BCUT2D eigenvalue weighted by molar-refractivity contribution is -0.140. The Labute approximate surface area is 103 Å². The molecule has 1 aromatic rings. The minimum atomic E-state index is -0.356. The molecular formula is C12H13BrO3. The van der Waals surface area contributed by atoms with Crippen molar-refractivity contribution in [1.82, 2.24) is 0 Å². The summed E-state index contributed by atoms with van der Waals surface area (Å²) < 4.78 is 4.48.